The van der Waals surface area contributed by atoms with Crippen LogP contribution in [0.4, 0.5) is 0 Å². The molecule has 5 saturated heterocycles. The van der Waals surface area contributed by atoms with E-state index in [4.69, 9.17) is 47.4 Å². The Morgan fingerprint density at radius 1 is 0.554 bits per heavy atom. The molecule has 10 rings (SSSR count). The van der Waals surface area contributed by atoms with Gasteiger partial charge in [0.1, 0.15) is 97.7 Å². The fourth-order valence-corrected chi connectivity index (χ4v) is 17.3. The molecule has 9 fully saturated rings. The predicted octanol–water partition coefficient (Wildman–Crippen LogP) is -1.91. The summed E-state index contributed by atoms with van der Waals surface area (Å²) in [6.07, 6.45) is -28.3. The minimum atomic E-state index is -1.84. The molecule has 5 aliphatic carbocycles. The SMILES string of the molecule is CC1OC(OC2C(OC3C(OC4C(OC5CCC6(C)C(CCC7(C)C6CC=C6C8CC(C)(C)CCC8(C(=O)OC8OC(CO)C(O)C(O)C8O)CCC67C)C5(C)CO)OCC(O)C4O)OCC(O)C3O)OC(C)C(O)C2O)C(O)C(O)C1O. The van der Waals surface area contributed by atoms with Gasteiger partial charge in [-0.25, -0.2) is 0 Å². The molecule has 5 heterocycles. The number of esters is 1. The van der Waals surface area contributed by atoms with E-state index in [9.17, 15) is 76.3 Å². The molecule has 25 heteroatoms. The molecule has 0 aromatic heterocycles. The average Bonchev–Trinajstić information content (AvgIpc) is 0.781. The van der Waals surface area contributed by atoms with E-state index < -0.39 is 177 Å². The summed E-state index contributed by atoms with van der Waals surface area (Å²) in [4.78, 5) is 14.8. The summed E-state index contributed by atoms with van der Waals surface area (Å²) in [5, 5.41) is 153. The van der Waals surface area contributed by atoms with E-state index in [2.05, 4.69) is 40.7 Å². The first-order valence-electron chi connectivity index (χ1n) is 30.0. The molecule has 83 heavy (non-hydrogen) atoms. The lowest BCUT2D eigenvalue weighted by atomic mass is 9.33. The highest BCUT2D eigenvalue weighted by Crippen LogP contribution is 2.76. The lowest BCUT2D eigenvalue weighted by Crippen LogP contribution is -2.67. The van der Waals surface area contributed by atoms with Gasteiger partial charge in [-0.3, -0.25) is 4.79 Å². The van der Waals surface area contributed by atoms with Crippen molar-refractivity contribution in [2.75, 3.05) is 26.4 Å². The van der Waals surface area contributed by atoms with Crippen molar-refractivity contribution in [1.29, 1.82) is 0 Å². The molecule has 0 spiro atoms. The minimum Gasteiger partial charge on any atom is -0.432 e. The maximum absolute atomic E-state index is 14.8. The average molecular weight is 1190 g/mol. The number of carbonyl (C=O) groups excluding carboxylic acids is 1. The van der Waals surface area contributed by atoms with Crippen molar-refractivity contribution in [1.82, 2.24) is 0 Å². The van der Waals surface area contributed by atoms with Gasteiger partial charge in [0.2, 0.25) is 6.29 Å². The van der Waals surface area contributed by atoms with Gasteiger partial charge in [0.15, 0.2) is 25.2 Å². The van der Waals surface area contributed by atoms with Gasteiger partial charge in [0, 0.05) is 5.41 Å². The predicted molar refractivity (Wildman–Crippen MR) is 282 cm³/mol. The van der Waals surface area contributed by atoms with Crippen LogP contribution in [0.15, 0.2) is 11.6 Å². The Morgan fingerprint density at radius 2 is 1.10 bits per heavy atom. The molecule has 5 aliphatic heterocycles. The lowest BCUT2D eigenvalue weighted by molar-refractivity contribution is -0.397. The van der Waals surface area contributed by atoms with Crippen LogP contribution >= 0.6 is 0 Å². The summed E-state index contributed by atoms with van der Waals surface area (Å²) in [6.45, 7) is 14.5. The van der Waals surface area contributed by atoms with Crippen LogP contribution in [-0.2, 0) is 52.2 Å². The number of fused-ring (bicyclic) bond motifs is 7. The minimum absolute atomic E-state index is 0.103. The molecule has 0 aromatic carbocycles. The number of rotatable bonds is 12. The van der Waals surface area contributed by atoms with Gasteiger partial charge in [0.05, 0.1) is 50.2 Å². The first-order chi connectivity index (χ1) is 38.9. The quantitative estimate of drug-likeness (QED) is 0.0576. The zero-order valence-electron chi connectivity index (χ0n) is 48.8. The maximum Gasteiger partial charge on any atom is 0.315 e. The second-order valence-electron chi connectivity index (χ2n) is 28.0. The number of aliphatic hydroxyl groups excluding tert-OH is 14. The molecule has 4 saturated carbocycles. The number of allylic oxidation sites excluding steroid dienone is 2. The van der Waals surface area contributed by atoms with Gasteiger partial charge >= 0.3 is 5.97 Å². The number of hydrogen-bond donors (Lipinski definition) is 14. The summed E-state index contributed by atoms with van der Waals surface area (Å²) in [5.41, 5.74) is -1.74. The molecule has 0 amide bonds. The van der Waals surface area contributed by atoms with E-state index >= 15 is 0 Å². The van der Waals surface area contributed by atoms with E-state index in [1.165, 1.54) is 19.4 Å². The zero-order valence-corrected chi connectivity index (χ0v) is 48.8. The summed E-state index contributed by atoms with van der Waals surface area (Å²) in [6, 6.07) is 0. The Balaban J connectivity index is 0.876. The van der Waals surface area contributed by atoms with E-state index in [-0.39, 0.29) is 52.6 Å². The highest BCUT2D eigenvalue weighted by molar-refractivity contribution is 5.79. The van der Waals surface area contributed by atoms with Crippen molar-refractivity contribution in [3.8, 4) is 0 Å². The zero-order chi connectivity index (χ0) is 60.4. The van der Waals surface area contributed by atoms with E-state index in [0.29, 0.717) is 51.4 Å². The van der Waals surface area contributed by atoms with E-state index in [0.717, 1.165) is 12.8 Å². The molecule has 0 radical (unpaired) electrons. The second-order valence-corrected chi connectivity index (χ2v) is 28.0. The number of hydrogen-bond acceptors (Lipinski definition) is 25. The van der Waals surface area contributed by atoms with Gasteiger partial charge in [-0.2, -0.15) is 0 Å². The van der Waals surface area contributed by atoms with Gasteiger partial charge in [-0.1, -0.05) is 53.2 Å². The third-order valence-electron chi connectivity index (χ3n) is 22.8. The molecule has 10 aliphatic rings. The van der Waals surface area contributed by atoms with Gasteiger partial charge in [0.25, 0.3) is 0 Å². The Hall–Kier alpha value is -1.71. The second kappa shape index (κ2) is 23.6. The number of carbonyl (C=O) groups is 1. The van der Waals surface area contributed by atoms with Crippen molar-refractivity contribution in [3.05, 3.63) is 11.6 Å². The van der Waals surface area contributed by atoms with Crippen LogP contribution in [0.2, 0.25) is 0 Å². The Morgan fingerprint density at radius 3 is 1.72 bits per heavy atom. The van der Waals surface area contributed by atoms with Crippen LogP contribution in [0.3, 0.4) is 0 Å². The van der Waals surface area contributed by atoms with Crippen LogP contribution in [0.5, 0.6) is 0 Å². The number of ether oxygens (including phenoxy) is 10. The Kier molecular flexibility index (Phi) is 18.3. The summed E-state index contributed by atoms with van der Waals surface area (Å²) in [7, 11) is 0. The molecular weight excluding hydrogens is 1100 g/mol. The summed E-state index contributed by atoms with van der Waals surface area (Å²) < 4.78 is 60.7. The normalized spacial score (nSPS) is 55.4. The molecule has 476 valence electrons. The third-order valence-corrected chi connectivity index (χ3v) is 22.8. The fraction of sp³-hybridized carbons (Fsp3) is 0.948. The van der Waals surface area contributed by atoms with Crippen molar-refractivity contribution in [3.63, 3.8) is 0 Å². The highest BCUT2D eigenvalue weighted by Gasteiger charge is 2.71. The summed E-state index contributed by atoms with van der Waals surface area (Å²) in [5.74, 6) is -0.727. The van der Waals surface area contributed by atoms with Crippen molar-refractivity contribution < 1.29 is 124 Å². The Labute approximate surface area is 483 Å². The molecule has 32 unspecified atom stereocenters. The fourth-order valence-electron chi connectivity index (χ4n) is 17.3. The molecule has 0 bridgehead atoms. The Bertz CT molecular complexity index is 2310. The van der Waals surface area contributed by atoms with Crippen LogP contribution < -0.4 is 0 Å². The highest BCUT2D eigenvalue weighted by atomic mass is 16.8. The van der Waals surface area contributed by atoms with Crippen LogP contribution in [0.25, 0.3) is 0 Å². The van der Waals surface area contributed by atoms with Crippen LogP contribution in [-0.4, -0.2) is 251 Å². The van der Waals surface area contributed by atoms with E-state index in [1.54, 1.807) is 0 Å². The first-order valence-corrected chi connectivity index (χ1v) is 30.0. The summed E-state index contributed by atoms with van der Waals surface area (Å²) >= 11 is 0. The third kappa shape index (κ3) is 10.7. The number of aliphatic hydroxyl groups is 14. The van der Waals surface area contributed by atoms with E-state index in [1.807, 2.05) is 6.92 Å². The van der Waals surface area contributed by atoms with Crippen LogP contribution in [0.1, 0.15) is 120 Å². The van der Waals surface area contributed by atoms with Gasteiger partial charge in [-0.05, 0) is 117 Å². The van der Waals surface area contributed by atoms with Crippen molar-refractivity contribution in [2.24, 2.45) is 50.2 Å². The topological polar surface area (TPSA) is 393 Å². The first kappa shape index (κ1) is 64.3. The van der Waals surface area contributed by atoms with Crippen molar-refractivity contribution in [2.45, 2.75) is 267 Å². The molecule has 14 N–H and O–H groups in total. The largest absolute Gasteiger partial charge is 0.432 e. The maximum atomic E-state index is 14.8. The van der Waals surface area contributed by atoms with Gasteiger partial charge < -0.3 is 119 Å². The van der Waals surface area contributed by atoms with Crippen molar-refractivity contribution >= 4 is 5.97 Å². The standard InChI is InChI=1S/C58H94O25/c1-24-34(63)39(68)42(71)47(76-24)80-46-41(70)35(64)25(2)77-51(46)82-45-37(66)29(62)22-75-50(45)81-44-36(65)28(61)21-74-49(44)79-33-12-13-54(5)31(55(33,6)23-60)11-14-57(8)32(54)10-9-26-27-19-53(3,4)15-17-58(27,18-16-56(26,57)7)52(73)83-48-43(72)40(69)38(67)30(20-59)78-48/h9,24-25,27-51,59-72H,10-23H2,1-8H3. The lowest BCUT2D eigenvalue weighted by Gasteiger charge is -2.71. The van der Waals surface area contributed by atoms with Crippen LogP contribution in [0, 0.1) is 50.2 Å². The smallest absolute Gasteiger partial charge is 0.315 e. The molecule has 0 aromatic rings. The molecule has 32 atom stereocenters. The molecule has 25 nitrogen and oxygen atoms in total. The molecular formula is C58H94O25. The monoisotopic (exact) mass is 1190 g/mol. The van der Waals surface area contributed by atoms with Gasteiger partial charge in [-0.15, -0.1) is 0 Å².